The van der Waals surface area contributed by atoms with Crippen LogP contribution in [-0.4, -0.2) is 47.2 Å². The van der Waals surface area contributed by atoms with Crippen LogP contribution in [0.4, 0.5) is 5.82 Å². The number of anilines is 1. The Bertz CT molecular complexity index is 1090. The quantitative estimate of drug-likeness (QED) is 0.505. The SMILES string of the molecule is CC/C=C1/N=Cc2nc(C3C=CC=CC3)c(-c3ccc(C(CC)CCO)cc3)nc2N1NC.CO. The topological polar surface area (TPSA) is 93.9 Å². The van der Waals surface area contributed by atoms with Gasteiger partial charge in [0.1, 0.15) is 11.5 Å². The van der Waals surface area contributed by atoms with Crippen LogP contribution in [0, 0.1) is 0 Å². The number of aliphatic hydroxyl groups excluding tert-OH is 2. The van der Waals surface area contributed by atoms with Crippen molar-refractivity contribution in [2.24, 2.45) is 4.99 Å². The minimum Gasteiger partial charge on any atom is -0.400 e. The van der Waals surface area contributed by atoms with Crippen molar-refractivity contribution >= 4 is 12.0 Å². The summed E-state index contributed by atoms with van der Waals surface area (Å²) >= 11 is 0. The molecule has 35 heavy (non-hydrogen) atoms. The van der Waals surface area contributed by atoms with Gasteiger partial charge in [-0.25, -0.2) is 25.4 Å². The largest absolute Gasteiger partial charge is 0.400 e. The van der Waals surface area contributed by atoms with E-state index in [2.05, 4.69) is 78.9 Å². The fraction of sp³-hybridized carbons (Fsp3) is 0.393. The molecule has 2 unspecified atom stereocenters. The Labute approximate surface area is 208 Å². The summed E-state index contributed by atoms with van der Waals surface area (Å²) in [5, 5.41) is 18.3. The molecule has 1 aromatic heterocycles. The van der Waals surface area contributed by atoms with Crippen molar-refractivity contribution in [3.8, 4) is 11.3 Å². The fourth-order valence-electron chi connectivity index (χ4n) is 4.47. The summed E-state index contributed by atoms with van der Waals surface area (Å²) < 4.78 is 0. The van der Waals surface area contributed by atoms with Gasteiger partial charge in [0.25, 0.3) is 0 Å². The minimum absolute atomic E-state index is 0.171. The predicted molar refractivity (Wildman–Crippen MR) is 143 cm³/mol. The Balaban J connectivity index is 0.00000167. The highest BCUT2D eigenvalue weighted by Crippen LogP contribution is 2.36. The number of allylic oxidation sites excluding steroid dienone is 5. The number of nitrogens with zero attached hydrogens (tertiary/aromatic N) is 4. The lowest BCUT2D eigenvalue weighted by atomic mass is 9.90. The van der Waals surface area contributed by atoms with Crippen molar-refractivity contribution in [2.45, 2.75) is 51.4 Å². The molecule has 2 aromatic rings. The summed E-state index contributed by atoms with van der Waals surface area (Å²) in [5.74, 6) is 2.12. The van der Waals surface area contributed by atoms with Crippen molar-refractivity contribution in [2.75, 3.05) is 25.8 Å². The van der Waals surface area contributed by atoms with E-state index in [4.69, 9.17) is 15.1 Å². The van der Waals surface area contributed by atoms with E-state index >= 15 is 0 Å². The highest BCUT2D eigenvalue weighted by molar-refractivity contribution is 5.89. The third-order valence-corrected chi connectivity index (χ3v) is 6.26. The van der Waals surface area contributed by atoms with Crippen LogP contribution in [0.2, 0.25) is 0 Å². The van der Waals surface area contributed by atoms with E-state index in [9.17, 15) is 5.11 Å². The lowest BCUT2D eigenvalue weighted by Crippen LogP contribution is -2.37. The van der Waals surface area contributed by atoms with Crippen LogP contribution >= 0.6 is 0 Å². The maximum Gasteiger partial charge on any atom is 0.177 e. The van der Waals surface area contributed by atoms with Gasteiger partial charge < -0.3 is 10.2 Å². The van der Waals surface area contributed by atoms with E-state index in [1.165, 1.54) is 5.56 Å². The molecule has 2 heterocycles. The van der Waals surface area contributed by atoms with Crippen LogP contribution in [0.5, 0.6) is 0 Å². The molecule has 0 saturated carbocycles. The molecular formula is C28H37N5O2. The molecule has 2 aliphatic rings. The minimum atomic E-state index is 0.171. The zero-order chi connectivity index (χ0) is 25.2. The summed E-state index contributed by atoms with van der Waals surface area (Å²) in [6, 6.07) is 8.61. The Hall–Kier alpha value is -3.13. The Morgan fingerprint density at radius 3 is 2.51 bits per heavy atom. The number of aliphatic hydroxyl groups is 2. The first-order valence-electron chi connectivity index (χ1n) is 12.3. The second-order valence-corrected chi connectivity index (χ2v) is 8.35. The van der Waals surface area contributed by atoms with E-state index in [0.29, 0.717) is 5.92 Å². The monoisotopic (exact) mass is 475 g/mol. The first kappa shape index (κ1) is 26.5. The van der Waals surface area contributed by atoms with E-state index in [1.54, 1.807) is 0 Å². The van der Waals surface area contributed by atoms with Gasteiger partial charge >= 0.3 is 0 Å². The van der Waals surface area contributed by atoms with Crippen molar-refractivity contribution in [3.05, 3.63) is 77.4 Å². The number of benzene rings is 1. The number of rotatable bonds is 8. The van der Waals surface area contributed by atoms with E-state index in [-0.39, 0.29) is 12.5 Å². The number of aliphatic imine (C=N–C) groups is 1. The lowest BCUT2D eigenvalue weighted by Gasteiger charge is -2.28. The molecule has 0 amide bonds. The van der Waals surface area contributed by atoms with Crippen LogP contribution < -0.4 is 10.4 Å². The third kappa shape index (κ3) is 5.93. The summed E-state index contributed by atoms with van der Waals surface area (Å²) in [4.78, 5) is 14.8. The molecule has 0 spiro atoms. The smallest absolute Gasteiger partial charge is 0.177 e. The molecule has 0 fully saturated rings. The van der Waals surface area contributed by atoms with Gasteiger partial charge in [0.15, 0.2) is 5.82 Å². The van der Waals surface area contributed by atoms with Crippen molar-refractivity contribution < 1.29 is 10.2 Å². The van der Waals surface area contributed by atoms with Gasteiger partial charge in [-0.2, -0.15) is 0 Å². The van der Waals surface area contributed by atoms with Gasteiger partial charge in [-0.15, -0.1) is 0 Å². The predicted octanol–water partition coefficient (Wildman–Crippen LogP) is 4.85. The highest BCUT2D eigenvalue weighted by atomic mass is 16.3. The molecule has 2 atom stereocenters. The van der Waals surface area contributed by atoms with Gasteiger partial charge in [0.05, 0.1) is 17.6 Å². The molecule has 7 nitrogen and oxygen atoms in total. The fourth-order valence-corrected chi connectivity index (χ4v) is 4.47. The Morgan fingerprint density at radius 1 is 1.14 bits per heavy atom. The zero-order valence-electron chi connectivity index (χ0n) is 21.1. The normalized spacial score (nSPS) is 18.3. The average Bonchev–Trinajstić information content (AvgIpc) is 2.93. The Morgan fingerprint density at radius 2 is 1.91 bits per heavy atom. The molecule has 186 valence electrons. The standard InChI is InChI=1S/C27H33N5O.CH4O/c1-4-9-24-29-18-23-27(32(24)28-3)31-26(25(30-23)21-10-7-6-8-11-21)22-14-12-20(13-15-22)19(5-2)16-17-33;1-2/h6-10,12-15,18-19,21,28,33H,4-5,11,16-17H2,1-3H3;2H,1H3/b24-9-;. The average molecular weight is 476 g/mol. The number of fused-ring (bicyclic) bond motifs is 1. The number of aromatic nitrogens is 2. The number of hydrogen-bond donors (Lipinski definition) is 3. The molecule has 4 rings (SSSR count). The summed E-state index contributed by atoms with van der Waals surface area (Å²) in [6.07, 6.45) is 16.0. The maximum atomic E-state index is 9.41. The number of hydrogen-bond acceptors (Lipinski definition) is 7. The van der Waals surface area contributed by atoms with Crippen LogP contribution in [0.25, 0.3) is 11.3 Å². The van der Waals surface area contributed by atoms with Crippen molar-refractivity contribution in [1.82, 2.24) is 15.4 Å². The highest BCUT2D eigenvalue weighted by Gasteiger charge is 2.26. The molecule has 0 saturated heterocycles. The number of hydrazine groups is 1. The second kappa shape index (κ2) is 13.1. The van der Waals surface area contributed by atoms with Gasteiger partial charge in [-0.3, -0.25) is 0 Å². The van der Waals surface area contributed by atoms with Gasteiger partial charge in [0.2, 0.25) is 0 Å². The molecule has 3 N–H and O–H groups in total. The van der Waals surface area contributed by atoms with Crippen LogP contribution in [0.3, 0.4) is 0 Å². The van der Waals surface area contributed by atoms with Gasteiger partial charge in [0, 0.05) is 32.2 Å². The van der Waals surface area contributed by atoms with Crippen LogP contribution in [-0.2, 0) is 0 Å². The van der Waals surface area contributed by atoms with E-state index in [1.807, 2.05) is 18.3 Å². The first-order chi connectivity index (χ1) is 17.2. The second-order valence-electron chi connectivity index (χ2n) is 8.35. The van der Waals surface area contributed by atoms with Gasteiger partial charge in [-0.05, 0) is 43.2 Å². The molecular weight excluding hydrogens is 438 g/mol. The summed E-state index contributed by atoms with van der Waals surface area (Å²) in [7, 11) is 2.87. The van der Waals surface area contributed by atoms with Crippen molar-refractivity contribution in [3.63, 3.8) is 0 Å². The lowest BCUT2D eigenvalue weighted by molar-refractivity contribution is 0.274. The molecule has 7 heteroatoms. The summed E-state index contributed by atoms with van der Waals surface area (Å²) in [5.41, 5.74) is 8.15. The van der Waals surface area contributed by atoms with Crippen LogP contribution in [0.1, 0.15) is 68.3 Å². The van der Waals surface area contributed by atoms with Crippen LogP contribution in [0.15, 0.2) is 65.5 Å². The Kier molecular flexibility index (Phi) is 9.90. The number of nitrogens with one attached hydrogen (secondary N) is 1. The van der Waals surface area contributed by atoms with Crippen molar-refractivity contribution in [1.29, 1.82) is 0 Å². The first-order valence-corrected chi connectivity index (χ1v) is 12.3. The van der Waals surface area contributed by atoms with E-state index in [0.717, 1.165) is 67.1 Å². The molecule has 1 aromatic carbocycles. The zero-order valence-corrected chi connectivity index (χ0v) is 21.1. The molecule has 1 aliphatic heterocycles. The van der Waals surface area contributed by atoms with Gasteiger partial charge in [-0.1, -0.05) is 62.4 Å². The third-order valence-electron chi connectivity index (χ3n) is 6.26. The maximum absolute atomic E-state index is 9.41. The molecule has 0 radical (unpaired) electrons. The molecule has 0 bridgehead atoms. The summed E-state index contributed by atoms with van der Waals surface area (Å²) in [6.45, 7) is 4.47. The molecule has 1 aliphatic carbocycles. The van der Waals surface area contributed by atoms with E-state index < -0.39 is 0 Å².